The number of hydrogen-bond acceptors (Lipinski definition) is 19. The molecule has 3 heterocycles. The van der Waals surface area contributed by atoms with Crippen LogP contribution < -0.4 is 5.32 Å². The Morgan fingerprint density at radius 2 is 1.37 bits per heavy atom. The van der Waals surface area contributed by atoms with Crippen LogP contribution in [0.5, 0.6) is 0 Å². The van der Waals surface area contributed by atoms with Crippen molar-refractivity contribution in [3.8, 4) is 0 Å². The van der Waals surface area contributed by atoms with Crippen molar-refractivity contribution in [3.05, 3.63) is 11.6 Å². The molecule has 12 rings (SSSR count). The van der Waals surface area contributed by atoms with Gasteiger partial charge in [-0.2, -0.15) is 0 Å². The Morgan fingerprint density at radius 1 is 0.674 bits per heavy atom. The maximum Gasteiger partial charge on any atom is 0.407 e. The summed E-state index contributed by atoms with van der Waals surface area (Å²) in [6.07, 6.45) is -2.80. The molecule has 0 aromatic heterocycles. The largest absolute Gasteiger partial charge is 0.446 e. The summed E-state index contributed by atoms with van der Waals surface area (Å²) in [7, 11) is 0. The standard InChI is InChI=1S/C75H121NO19/c1-38(2)14-13-15-39(3)44-18-19-45-43-17-16-41-32-42(22-26-69(41,7)46(43)23-27-70(44,45)8)91-67(88)76-55-50(35-77)92-65(62(57(55)83)94-64-60(86)58(84)61(40(4)90-64)93-63-59(85)56(82)49(79)36-89-63)95-66(87)75-31-30-68(5,6)33-48(75)47-20-21-52-71(9)28-25-53(80)72(10,37-78)51(71)24-29-73(52,11)74(47,12)34-54(75)81/h20,37-46,48-65,77,79-86H,13-19,21-36H2,1-12H3,(H,76,88)/t39-,40?,41+,42+,43-,44?,45+,46?,48?,49-,50?,51-,52?,53+,54+,55+,56?,57?,58?,59?,60?,61+,62?,63+,64+,65+,69?,70?,71?,72-,73+,74-,75-/m1/s1. The molecule has 0 aromatic carbocycles. The highest BCUT2D eigenvalue weighted by molar-refractivity contribution is 5.80. The number of aliphatic hydroxyl groups is 9. The van der Waals surface area contributed by atoms with Crippen LogP contribution in [-0.2, 0) is 42.7 Å². The van der Waals surface area contributed by atoms with Gasteiger partial charge < -0.3 is 89.2 Å². The molecule has 15 unspecified atom stereocenters. The number of hydrogen-bond donors (Lipinski definition) is 10. The minimum absolute atomic E-state index is 0.0452. The second-order valence-corrected chi connectivity index (χ2v) is 35.9. The van der Waals surface area contributed by atoms with Crippen molar-refractivity contribution < 1.29 is 93.5 Å². The van der Waals surface area contributed by atoms with Gasteiger partial charge in [0.1, 0.15) is 66.6 Å². The first-order valence-corrected chi connectivity index (χ1v) is 37.3. The van der Waals surface area contributed by atoms with Crippen molar-refractivity contribution in [3.63, 3.8) is 0 Å². The van der Waals surface area contributed by atoms with Gasteiger partial charge in [0.25, 0.3) is 0 Å². The summed E-state index contributed by atoms with van der Waals surface area (Å²) < 4.78 is 43.5. The van der Waals surface area contributed by atoms with Gasteiger partial charge >= 0.3 is 12.1 Å². The van der Waals surface area contributed by atoms with Crippen molar-refractivity contribution in [2.45, 2.75) is 322 Å². The van der Waals surface area contributed by atoms with E-state index in [1.165, 1.54) is 58.3 Å². The van der Waals surface area contributed by atoms with Crippen LogP contribution in [0.3, 0.4) is 0 Å². The van der Waals surface area contributed by atoms with Crippen molar-refractivity contribution in [1.29, 1.82) is 0 Å². The van der Waals surface area contributed by atoms with Gasteiger partial charge in [0.15, 0.2) is 18.7 Å². The van der Waals surface area contributed by atoms with E-state index < -0.39 is 152 Å². The number of nitrogens with one attached hydrogen (secondary N) is 1. The Kier molecular flexibility index (Phi) is 20.1. The van der Waals surface area contributed by atoms with Crippen LogP contribution in [0.4, 0.5) is 4.79 Å². The fourth-order valence-electron chi connectivity index (χ4n) is 24.5. The van der Waals surface area contributed by atoms with Gasteiger partial charge in [-0.3, -0.25) is 4.79 Å². The normalized spacial score (nSPS) is 52.7. The van der Waals surface area contributed by atoms with Gasteiger partial charge in [-0.25, -0.2) is 4.79 Å². The van der Waals surface area contributed by atoms with Crippen LogP contribution in [-0.4, -0.2) is 182 Å². The number of fused-ring (bicyclic) bond motifs is 12. The van der Waals surface area contributed by atoms with Gasteiger partial charge in [-0.1, -0.05) is 107 Å². The fourth-order valence-corrected chi connectivity index (χ4v) is 24.5. The summed E-state index contributed by atoms with van der Waals surface area (Å²) in [6.45, 7) is 25.7. The van der Waals surface area contributed by atoms with E-state index in [0.717, 1.165) is 67.6 Å². The second kappa shape index (κ2) is 26.4. The molecule has 8 saturated carbocycles. The molecular formula is C75H121NO19. The molecule has 95 heavy (non-hydrogen) atoms. The molecule has 20 nitrogen and oxygen atoms in total. The third-order valence-electron chi connectivity index (χ3n) is 30.3. The lowest BCUT2D eigenvalue weighted by molar-refractivity contribution is -0.370. The highest BCUT2D eigenvalue weighted by atomic mass is 16.8. The molecule has 540 valence electrons. The molecule has 3 aliphatic heterocycles. The van der Waals surface area contributed by atoms with E-state index in [0.29, 0.717) is 61.7 Å². The van der Waals surface area contributed by atoms with Gasteiger partial charge in [0.2, 0.25) is 6.29 Å². The lowest BCUT2D eigenvalue weighted by Crippen LogP contribution is -2.69. The number of aliphatic hydroxyl groups excluding tert-OH is 9. The van der Waals surface area contributed by atoms with Gasteiger partial charge in [-0.05, 0) is 214 Å². The molecule has 12 aliphatic rings. The maximum atomic E-state index is 16.0. The van der Waals surface area contributed by atoms with Gasteiger partial charge in [0, 0.05) is 0 Å². The molecular weight excluding hydrogens is 1220 g/mol. The summed E-state index contributed by atoms with van der Waals surface area (Å²) in [5.41, 5.74) is -2.41. The predicted molar refractivity (Wildman–Crippen MR) is 349 cm³/mol. The molecule has 0 bridgehead atoms. The summed E-state index contributed by atoms with van der Waals surface area (Å²) >= 11 is 0. The lowest BCUT2D eigenvalue weighted by atomic mass is 9.33. The summed E-state index contributed by atoms with van der Waals surface area (Å²) in [5.74, 6) is 3.36. The first-order valence-electron chi connectivity index (χ1n) is 37.3. The molecule has 10 N–H and O–H groups in total. The number of rotatable bonds is 15. The quantitative estimate of drug-likeness (QED) is 0.0420. The Bertz CT molecular complexity index is 2810. The number of alkyl carbamates (subject to hydrolysis) is 1. The second-order valence-electron chi connectivity index (χ2n) is 35.9. The first-order chi connectivity index (χ1) is 44.7. The first kappa shape index (κ1) is 72.4. The highest BCUT2D eigenvalue weighted by Crippen LogP contribution is 2.76. The summed E-state index contributed by atoms with van der Waals surface area (Å²) in [4.78, 5) is 43.4. The van der Waals surface area contributed by atoms with Crippen LogP contribution in [0.15, 0.2) is 11.6 Å². The number of carbonyl (C=O) groups is 3. The molecule has 20 heteroatoms. The minimum Gasteiger partial charge on any atom is -0.446 e. The predicted octanol–water partition coefficient (Wildman–Crippen LogP) is 8.18. The van der Waals surface area contributed by atoms with Crippen LogP contribution in [0.2, 0.25) is 0 Å². The number of allylic oxidation sites excluding steroid dienone is 2. The van der Waals surface area contributed by atoms with Crippen molar-refractivity contribution in [2.24, 2.45) is 102 Å². The van der Waals surface area contributed by atoms with Crippen molar-refractivity contribution >= 4 is 18.3 Å². The van der Waals surface area contributed by atoms with E-state index in [4.69, 9.17) is 33.2 Å². The van der Waals surface area contributed by atoms with Gasteiger partial charge in [-0.15, -0.1) is 0 Å². The smallest absolute Gasteiger partial charge is 0.407 e. The topological polar surface area (TPSA) is 310 Å². The maximum absolute atomic E-state index is 16.0. The fraction of sp³-hybridized carbons (Fsp3) is 0.933. The van der Waals surface area contributed by atoms with Crippen LogP contribution in [0.1, 0.15) is 218 Å². The summed E-state index contributed by atoms with van der Waals surface area (Å²) in [6, 6.07) is -1.45. The van der Waals surface area contributed by atoms with Crippen molar-refractivity contribution in [2.75, 3.05) is 13.2 Å². The van der Waals surface area contributed by atoms with E-state index in [9.17, 15) is 55.5 Å². The van der Waals surface area contributed by atoms with E-state index in [1.807, 2.05) is 6.92 Å². The van der Waals surface area contributed by atoms with Crippen LogP contribution in [0.25, 0.3) is 0 Å². The number of amides is 1. The van der Waals surface area contributed by atoms with Crippen molar-refractivity contribution in [1.82, 2.24) is 5.32 Å². The molecule has 9 aliphatic carbocycles. The third kappa shape index (κ3) is 11.9. The van der Waals surface area contributed by atoms with Gasteiger partial charge in [0.05, 0.1) is 43.0 Å². The average Bonchev–Trinajstić information content (AvgIpc) is 1.14. The lowest BCUT2D eigenvalue weighted by Gasteiger charge is -2.71. The number of ether oxygens (including phenoxy) is 7. The molecule has 1 amide bonds. The van der Waals surface area contributed by atoms with E-state index in [-0.39, 0.29) is 46.3 Å². The Labute approximate surface area is 564 Å². The molecule has 0 aromatic rings. The zero-order valence-electron chi connectivity index (χ0n) is 59.1. The van der Waals surface area contributed by atoms with Crippen LogP contribution in [0, 0.1) is 102 Å². The molecule has 0 radical (unpaired) electrons. The summed E-state index contributed by atoms with van der Waals surface area (Å²) in [5, 5.41) is 106. The highest BCUT2D eigenvalue weighted by Gasteiger charge is 2.73. The van der Waals surface area contributed by atoms with E-state index in [1.54, 1.807) is 0 Å². The molecule has 33 atom stereocenters. The Hall–Kier alpha value is -2.41. The number of carbonyl (C=O) groups excluding carboxylic acids is 3. The van der Waals surface area contributed by atoms with E-state index >= 15 is 4.79 Å². The zero-order chi connectivity index (χ0) is 68.7. The SMILES string of the molecule is CC(C)CCC[C@@H](C)C1CC[C@H]2[C@H]3CC[C@H]4C[C@@H](OC(=O)N[C@H]5C(CO)O[C@@H](OC(=O)[C@]67CCC(C)(C)CC6C6=CCC8C9(C)CC[C@H](O)[C@](C)(C=O)[C@@H]9CC[C@]8(C)[C@]6(C)C[C@@H]7O)C(O[C@@H]6OC(C)[C@H](O[C@@H]7OC[C@@H](O)C(O)C7O)C(O)C6O)C5O)CCC4(C)C3CCC12C. The molecule has 11 fully saturated rings. The Morgan fingerprint density at radius 3 is 2.08 bits per heavy atom. The average molecular weight is 1340 g/mol. The molecule has 3 saturated heterocycles. The van der Waals surface area contributed by atoms with Crippen LogP contribution >= 0.6 is 0 Å². The number of aldehydes is 1. The molecule has 0 spiro atoms. The van der Waals surface area contributed by atoms with E-state index in [2.05, 4.69) is 80.6 Å². The number of esters is 1. The minimum atomic E-state index is -1.95. The monoisotopic (exact) mass is 1340 g/mol. The Balaban J connectivity index is 0.782. The third-order valence-corrected chi connectivity index (χ3v) is 30.3. The zero-order valence-corrected chi connectivity index (χ0v) is 59.1.